The number of nitrogens with one attached hydrogen (secondary N) is 1. The molecule has 16 heavy (non-hydrogen) atoms. The van der Waals surface area contributed by atoms with Crippen LogP contribution in [0.4, 0.5) is 4.39 Å². The van der Waals surface area contributed by atoms with Gasteiger partial charge in [0, 0.05) is 11.6 Å². The lowest BCUT2D eigenvalue weighted by molar-refractivity contribution is -0.142. The summed E-state index contributed by atoms with van der Waals surface area (Å²) in [6.45, 7) is 0. The van der Waals surface area contributed by atoms with E-state index in [0.29, 0.717) is 12.0 Å². The van der Waals surface area contributed by atoms with Crippen LogP contribution in [-0.4, -0.2) is 19.1 Å². The molecule has 1 aromatic rings. The van der Waals surface area contributed by atoms with E-state index in [1.807, 2.05) is 0 Å². The standard InChI is InChI=1S/C12H14FNO2/c1-16-12(15)11-7-6-10(14-11)8-4-2-3-5-9(8)13/h2-5,10-11,14H,6-7H2,1H3/t10-,11+/m1/s1. The van der Waals surface area contributed by atoms with Gasteiger partial charge >= 0.3 is 5.97 Å². The SMILES string of the molecule is COC(=O)[C@@H]1CC[C@H](c2ccccc2F)N1. The Hall–Kier alpha value is -1.42. The summed E-state index contributed by atoms with van der Waals surface area (Å²) in [7, 11) is 1.36. The quantitative estimate of drug-likeness (QED) is 0.777. The summed E-state index contributed by atoms with van der Waals surface area (Å²) < 4.78 is 18.1. The Morgan fingerprint density at radius 2 is 2.19 bits per heavy atom. The fraction of sp³-hybridized carbons (Fsp3) is 0.417. The van der Waals surface area contributed by atoms with Crippen molar-refractivity contribution in [1.82, 2.24) is 5.32 Å². The molecule has 1 aromatic carbocycles. The van der Waals surface area contributed by atoms with Crippen molar-refractivity contribution in [3.63, 3.8) is 0 Å². The summed E-state index contributed by atoms with van der Waals surface area (Å²) in [5.74, 6) is -0.510. The van der Waals surface area contributed by atoms with Gasteiger partial charge in [0.2, 0.25) is 0 Å². The highest BCUT2D eigenvalue weighted by Gasteiger charge is 2.31. The molecule has 0 aromatic heterocycles. The van der Waals surface area contributed by atoms with Crippen molar-refractivity contribution >= 4 is 5.97 Å². The Morgan fingerprint density at radius 3 is 2.88 bits per heavy atom. The zero-order valence-corrected chi connectivity index (χ0v) is 9.07. The van der Waals surface area contributed by atoms with Crippen LogP contribution >= 0.6 is 0 Å². The maximum Gasteiger partial charge on any atom is 0.322 e. The minimum absolute atomic E-state index is 0.0923. The molecule has 1 saturated heterocycles. The highest BCUT2D eigenvalue weighted by molar-refractivity contribution is 5.76. The molecule has 2 atom stereocenters. The van der Waals surface area contributed by atoms with Gasteiger partial charge in [0.1, 0.15) is 11.9 Å². The van der Waals surface area contributed by atoms with Crippen LogP contribution in [0.2, 0.25) is 0 Å². The lowest BCUT2D eigenvalue weighted by Crippen LogP contribution is -2.33. The first-order valence-corrected chi connectivity index (χ1v) is 5.30. The predicted molar refractivity (Wildman–Crippen MR) is 57.3 cm³/mol. The molecular formula is C12H14FNO2. The second-order valence-electron chi connectivity index (χ2n) is 3.89. The first-order valence-electron chi connectivity index (χ1n) is 5.30. The van der Waals surface area contributed by atoms with Crippen molar-refractivity contribution in [3.05, 3.63) is 35.6 Å². The second-order valence-corrected chi connectivity index (χ2v) is 3.89. The smallest absolute Gasteiger partial charge is 0.322 e. The summed E-state index contributed by atoms with van der Waals surface area (Å²) >= 11 is 0. The predicted octanol–water partition coefficient (Wildman–Crippen LogP) is 1.79. The maximum absolute atomic E-state index is 13.5. The van der Waals surface area contributed by atoms with E-state index in [9.17, 15) is 9.18 Å². The van der Waals surface area contributed by atoms with Gasteiger partial charge in [0.05, 0.1) is 7.11 Å². The van der Waals surface area contributed by atoms with E-state index < -0.39 is 0 Å². The minimum Gasteiger partial charge on any atom is -0.468 e. The molecule has 3 nitrogen and oxygen atoms in total. The topological polar surface area (TPSA) is 38.3 Å². The Labute approximate surface area is 93.6 Å². The third kappa shape index (κ3) is 2.07. The average molecular weight is 223 g/mol. The van der Waals surface area contributed by atoms with Crippen LogP contribution in [-0.2, 0) is 9.53 Å². The Kier molecular flexibility index (Phi) is 3.19. The molecule has 0 aliphatic carbocycles. The number of rotatable bonds is 2. The van der Waals surface area contributed by atoms with Crippen molar-refractivity contribution in [2.45, 2.75) is 24.9 Å². The van der Waals surface area contributed by atoms with Crippen LogP contribution in [0, 0.1) is 5.82 Å². The highest BCUT2D eigenvalue weighted by atomic mass is 19.1. The number of carbonyl (C=O) groups excluding carboxylic acids is 1. The van der Waals surface area contributed by atoms with Crippen LogP contribution in [0.5, 0.6) is 0 Å². The molecule has 0 amide bonds. The molecular weight excluding hydrogens is 209 g/mol. The number of hydrogen-bond acceptors (Lipinski definition) is 3. The van der Waals surface area contributed by atoms with E-state index in [-0.39, 0.29) is 23.9 Å². The van der Waals surface area contributed by atoms with Gasteiger partial charge in [-0.2, -0.15) is 0 Å². The van der Waals surface area contributed by atoms with E-state index in [1.54, 1.807) is 18.2 Å². The number of methoxy groups -OCH3 is 1. The zero-order valence-electron chi connectivity index (χ0n) is 9.07. The average Bonchev–Trinajstić information content (AvgIpc) is 2.78. The number of benzene rings is 1. The Morgan fingerprint density at radius 1 is 1.44 bits per heavy atom. The van der Waals surface area contributed by atoms with Crippen LogP contribution in [0.25, 0.3) is 0 Å². The van der Waals surface area contributed by atoms with Crippen molar-refractivity contribution in [3.8, 4) is 0 Å². The molecule has 1 fully saturated rings. The van der Waals surface area contributed by atoms with Gasteiger partial charge < -0.3 is 4.74 Å². The number of hydrogen-bond donors (Lipinski definition) is 1. The van der Waals surface area contributed by atoms with Crippen molar-refractivity contribution < 1.29 is 13.9 Å². The van der Waals surface area contributed by atoms with Crippen LogP contribution in [0.1, 0.15) is 24.4 Å². The first-order chi connectivity index (χ1) is 7.72. The van der Waals surface area contributed by atoms with Gasteiger partial charge in [-0.1, -0.05) is 18.2 Å². The molecule has 0 spiro atoms. The summed E-state index contributed by atoms with van der Waals surface area (Å²) in [4.78, 5) is 11.3. The van der Waals surface area contributed by atoms with Gasteiger partial charge in [-0.25, -0.2) is 4.39 Å². The fourth-order valence-electron chi connectivity index (χ4n) is 2.07. The van der Waals surface area contributed by atoms with Crippen molar-refractivity contribution in [2.75, 3.05) is 7.11 Å². The number of halogens is 1. The van der Waals surface area contributed by atoms with Gasteiger partial charge in [0.15, 0.2) is 0 Å². The van der Waals surface area contributed by atoms with Gasteiger partial charge in [-0.3, -0.25) is 10.1 Å². The lowest BCUT2D eigenvalue weighted by atomic mass is 10.0. The zero-order chi connectivity index (χ0) is 11.5. The lowest BCUT2D eigenvalue weighted by Gasteiger charge is -2.13. The number of ether oxygens (including phenoxy) is 1. The molecule has 2 rings (SSSR count). The fourth-order valence-corrected chi connectivity index (χ4v) is 2.07. The van der Waals surface area contributed by atoms with E-state index >= 15 is 0 Å². The second kappa shape index (κ2) is 4.61. The molecule has 0 bridgehead atoms. The molecule has 0 saturated carbocycles. The molecule has 1 N–H and O–H groups in total. The summed E-state index contributed by atoms with van der Waals surface area (Å²) in [6.07, 6.45) is 1.44. The highest BCUT2D eigenvalue weighted by Crippen LogP contribution is 2.28. The first kappa shape index (κ1) is 11.1. The van der Waals surface area contributed by atoms with E-state index in [2.05, 4.69) is 10.1 Å². The third-order valence-electron chi connectivity index (χ3n) is 2.91. The third-order valence-corrected chi connectivity index (χ3v) is 2.91. The summed E-state index contributed by atoms with van der Waals surface area (Å²) in [5.41, 5.74) is 0.619. The van der Waals surface area contributed by atoms with Crippen molar-refractivity contribution in [1.29, 1.82) is 0 Å². The Balaban J connectivity index is 2.09. The maximum atomic E-state index is 13.5. The van der Waals surface area contributed by atoms with E-state index in [1.165, 1.54) is 13.2 Å². The Bertz CT molecular complexity index is 394. The summed E-state index contributed by atoms with van der Waals surface area (Å²) in [6, 6.07) is 6.23. The minimum atomic E-state index is -0.311. The molecule has 1 aliphatic rings. The normalized spacial score (nSPS) is 24.4. The van der Waals surface area contributed by atoms with Gasteiger partial charge in [-0.15, -0.1) is 0 Å². The van der Waals surface area contributed by atoms with Gasteiger partial charge in [0.25, 0.3) is 0 Å². The largest absolute Gasteiger partial charge is 0.468 e. The van der Waals surface area contributed by atoms with E-state index in [0.717, 1.165) is 6.42 Å². The summed E-state index contributed by atoms with van der Waals surface area (Å²) in [5, 5.41) is 3.08. The molecule has 0 radical (unpaired) electrons. The van der Waals surface area contributed by atoms with Crippen LogP contribution < -0.4 is 5.32 Å². The van der Waals surface area contributed by atoms with Crippen LogP contribution in [0.15, 0.2) is 24.3 Å². The van der Waals surface area contributed by atoms with E-state index in [4.69, 9.17) is 0 Å². The molecule has 0 unspecified atom stereocenters. The molecule has 86 valence electrons. The number of esters is 1. The molecule has 1 heterocycles. The number of carbonyl (C=O) groups is 1. The van der Waals surface area contributed by atoms with Crippen LogP contribution in [0.3, 0.4) is 0 Å². The molecule has 1 aliphatic heterocycles. The van der Waals surface area contributed by atoms with Crippen molar-refractivity contribution in [2.24, 2.45) is 0 Å². The molecule has 4 heteroatoms. The monoisotopic (exact) mass is 223 g/mol. The van der Waals surface area contributed by atoms with Gasteiger partial charge in [-0.05, 0) is 18.9 Å².